The number of carbonyl (C=O) groups is 1. The van der Waals surface area contributed by atoms with E-state index in [0.717, 1.165) is 31.5 Å². The van der Waals surface area contributed by atoms with Crippen LogP contribution in [-0.4, -0.2) is 40.5 Å². The summed E-state index contributed by atoms with van der Waals surface area (Å²) in [5.41, 5.74) is 1.01. The number of rotatable bonds is 8. The average molecular weight is 339 g/mol. The van der Waals surface area contributed by atoms with E-state index in [0.29, 0.717) is 18.9 Å². The summed E-state index contributed by atoms with van der Waals surface area (Å²) in [7, 11) is -3.51. The molecule has 1 saturated heterocycles. The number of amides is 1. The fourth-order valence-electron chi connectivity index (χ4n) is 2.57. The van der Waals surface area contributed by atoms with Gasteiger partial charge in [0, 0.05) is 19.5 Å². The Balaban J connectivity index is 1.65. The van der Waals surface area contributed by atoms with Crippen molar-refractivity contribution in [2.45, 2.75) is 31.1 Å². The van der Waals surface area contributed by atoms with Crippen molar-refractivity contribution in [3.05, 3.63) is 29.8 Å². The number of nitrogens with one attached hydrogen (secondary N) is 3. The van der Waals surface area contributed by atoms with Gasteiger partial charge in [0.1, 0.15) is 0 Å². The van der Waals surface area contributed by atoms with Crippen molar-refractivity contribution in [3.8, 4) is 0 Å². The fraction of sp³-hybridized carbons (Fsp3) is 0.562. The Kier molecular flexibility index (Phi) is 6.56. The second kappa shape index (κ2) is 8.42. The highest BCUT2D eigenvalue weighted by atomic mass is 32.2. The van der Waals surface area contributed by atoms with Crippen molar-refractivity contribution in [1.29, 1.82) is 0 Å². The zero-order valence-corrected chi connectivity index (χ0v) is 14.3. The van der Waals surface area contributed by atoms with Crippen LogP contribution in [0.25, 0.3) is 0 Å². The van der Waals surface area contributed by atoms with Gasteiger partial charge in [0.15, 0.2) is 0 Å². The minimum absolute atomic E-state index is 0.0218. The fourth-order valence-corrected chi connectivity index (χ4v) is 3.60. The van der Waals surface area contributed by atoms with Crippen molar-refractivity contribution in [1.82, 2.24) is 15.4 Å². The first-order valence-corrected chi connectivity index (χ1v) is 9.49. The lowest BCUT2D eigenvalue weighted by Gasteiger charge is -2.10. The van der Waals surface area contributed by atoms with Crippen molar-refractivity contribution >= 4 is 15.9 Å². The third-order valence-electron chi connectivity index (χ3n) is 4.01. The molecule has 6 nitrogen and oxygen atoms in total. The minimum Gasteiger partial charge on any atom is -0.355 e. The zero-order valence-electron chi connectivity index (χ0n) is 13.5. The molecule has 0 bridgehead atoms. The van der Waals surface area contributed by atoms with Crippen molar-refractivity contribution in [3.63, 3.8) is 0 Å². The summed E-state index contributed by atoms with van der Waals surface area (Å²) in [5.74, 6) is 0.562. The number of hydrogen-bond donors (Lipinski definition) is 3. The van der Waals surface area contributed by atoms with Gasteiger partial charge in [-0.2, -0.15) is 0 Å². The van der Waals surface area contributed by atoms with E-state index in [4.69, 9.17) is 0 Å². The number of aryl methyl sites for hydroxylation is 1. The predicted molar refractivity (Wildman–Crippen MR) is 89.6 cm³/mol. The van der Waals surface area contributed by atoms with Gasteiger partial charge in [0.05, 0.1) is 4.90 Å². The van der Waals surface area contributed by atoms with E-state index in [2.05, 4.69) is 15.4 Å². The zero-order chi connectivity index (χ0) is 16.7. The molecule has 1 heterocycles. The summed E-state index contributed by atoms with van der Waals surface area (Å²) in [6.07, 6.45) is 2.51. The maximum absolute atomic E-state index is 12.1. The smallest absolute Gasteiger partial charge is 0.240 e. The topological polar surface area (TPSA) is 87.3 Å². The van der Waals surface area contributed by atoms with Crippen LogP contribution in [0.15, 0.2) is 29.2 Å². The quantitative estimate of drug-likeness (QED) is 0.611. The van der Waals surface area contributed by atoms with Gasteiger partial charge < -0.3 is 10.6 Å². The molecule has 1 unspecified atom stereocenters. The van der Waals surface area contributed by atoms with E-state index in [1.54, 1.807) is 24.3 Å². The largest absolute Gasteiger partial charge is 0.355 e. The molecule has 1 aliphatic rings. The van der Waals surface area contributed by atoms with Crippen LogP contribution < -0.4 is 15.4 Å². The molecule has 1 amide bonds. The Morgan fingerprint density at radius 1 is 1.26 bits per heavy atom. The molecule has 2 rings (SSSR count). The van der Waals surface area contributed by atoms with Crippen molar-refractivity contribution in [2.24, 2.45) is 5.92 Å². The van der Waals surface area contributed by atoms with E-state index in [-0.39, 0.29) is 17.3 Å². The van der Waals surface area contributed by atoms with E-state index >= 15 is 0 Å². The Labute approximate surface area is 138 Å². The van der Waals surface area contributed by atoms with Crippen LogP contribution in [0.2, 0.25) is 0 Å². The van der Waals surface area contributed by atoms with Crippen LogP contribution in [0, 0.1) is 12.8 Å². The molecule has 1 aliphatic heterocycles. The Bertz CT molecular complexity index is 608. The maximum atomic E-state index is 12.1. The first-order valence-electron chi connectivity index (χ1n) is 8.01. The summed E-state index contributed by atoms with van der Waals surface area (Å²) in [6, 6.07) is 6.67. The van der Waals surface area contributed by atoms with Crippen LogP contribution in [-0.2, 0) is 14.8 Å². The van der Waals surface area contributed by atoms with Gasteiger partial charge in [-0.25, -0.2) is 13.1 Å². The lowest BCUT2D eigenvalue weighted by atomic mass is 10.0. The highest BCUT2D eigenvalue weighted by molar-refractivity contribution is 7.89. The summed E-state index contributed by atoms with van der Waals surface area (Å²) in [5, 5.41) is 6.03. The lowest BCUT2D eigenvalue weighted by Crippen LogP contribution is -2.34. The molecular formula is C16H25N3O3S. The lowest BCUT2D eigenvalue weighted by molar-refractivity contribution is -0.121. The highest BCUT2D eigenvalue weighted by Gasteiger charge is 2.16. The summed E-state index contributed by atoms with van der Waals surface area (Å²) in [6.45, 7) is 4.41. The first-order chi connectivity index (χ1) is 11.0. The van der Waals surface area contributed by atoms with Crippen LogP contribution in [0.1, 0.15) is 24.8 Å². The first kappa shape index (κ1) is 17.9. The second-order valence-electron chi connectivity index (χ2n) is 5.96. The van der Waals surface area contributed by atoms with E-state index in [1.165, 1.54) is 0 Å². The molecular weight excluding hydrogens is 314 g/mol. The molecule has 128 valence electrons. The van der Waals surface area contributed by atoms with Gasteiger partial charge in [-0.05, 0) is 50.9 Å². The van der Waals surface area contributed by atoms with Crippen LogP contribution in [0.5, 0.6) is 0 Å². The number of sulfonamides is 1. The SMILES string of the molecule is Cc1ccc(S(=O)(=O)NCCNC(=O)CCC2CCNC2)cc1. The monoisotopic (exact) mass is 339 g/mol. The second-order valence-corrected chi connectivity index (χ2v) is 7.73. The van der Waals surface area contributed by atoms with E-state index < -0.39 is 10.0 Å². The number of benzene rings is 1. The van der Waals surface area contributed by atoms with Gasteiger partial charge in [-0.3, -0.25) is 4.79 Å². The molecule has 1 fully saturated rings. The van der Waals surface area contributed by atoms with Crippen LogP contribution >= 0.6 is 0 Å². The van der Waals surface area contributed by atoms with Crippen LogP contribution in [0.4, 0.5) is 0 Å². The molecule has 23 heavy (non-hydrogen) atoms. The molecule has 3 N–H and O–H groups in total. The molecule has 1 aromatic rings. The Morgan fingerprint density at radius 2 is 2.00 bits per heavy atom. The van der Waals surface area contributed by atoms with Gasteiger partial charge in [0.25, 0.3) is 0 Å². The molecule has 0 aliphatic carbocycles. The number of hydrogen-bond acceptors (Lipinski definition) is 4. The van der Waals surface area contributed by atoms with Gasteiger partial charge in [0.2, 0.25) is 15.9 Å². The normalized spacial score (nSPS) is 18.0. The summed E-state index contributed by atoms with van der Waals surface area (Å²) < 4.78 is 26.6. The average Bonchev–Trinajstić information content (AvgIpc) is 3.03. The highest BCUT2D eigenvalue weighted by Crippen LogP contribution is 2.13. The molecule has 0 aromatic heterocycles. The minimum atomic E-state index is -3.51. The Morgan fingerprint density at radius 3 is 2.65 bits per heavy atom. The molecule has 0 radical (unpaired) electrons. The van der Waals surface area contributed by atoms with Crippen molar-refractivity contribution in [2.75, 3.05) is 26.2 Å². The summed E-state index contributed by atoms with van der Waals surface area (Å²) >= 11 is 0. The third kappa shape index (κ3) is 5.93. The standard InChI is InChI=1S/C16H25N3O3S/c1-13-2-5-15(6-3-13)23(21,22)19-11-10-18-16(20)7-4-14-8-9-17-12-14/h2-3,5-6,14,17,19H,4,7-12H2,1H3,(H,18,20). The molecule has 7 heteroatoms. The molecule has 0 saturated carbocycles. The van der Waals surface area contributed by atoms with E-state index in [9.17, 15) is 13.2 Å². The van der Waals surface area contributed by atoms with Crippen LogP contribution in [0.3, 0.4) is 0 Å². The van der Waals surface area contributed by atoms with Gasteiger partial charge in [-0.15, -0.1) is 0 Å². The van der Waals surface area contributed by atoms with Crippen molar-refractivity contribution < 1.29 is 13.2 Å². The third-order valence-corrected chi connectivity index (χ3v) is 5.49. The van der Waals surface area contributed by atoms with E-state index in [1.807, 2.05) is 6.92 Å². The van der Waals surface area contributed by atoms with Gasteiger partial charge >= 0.3 is 0 Å². The predicted octanol–water partition coefficient (Wildman–Crippen LogP) is 0.779. The Hall–Kier alpha value is -1.44. The summed E-state index contributed by atoms with van der Waals surface area (Å²) in [4.78, 5) is 12.0. The number of carbonyl (C=O) groups excluding carboxylic acids is 1. The molecule has 1 atom stereocenters. The molecule has 0 spiro atoms. The molecule has 1 aromatic carbocycles. The maximum Gasteiger partial charge on any atom is 0.240 e. The van der Waals surface area contributed by atoms with Gasteiger partial charge in [-0.1, -0.05) is 17.7 Å².